The molecule has 2 rings (SSSR count). The van der Waals surface area contributed by atoms with Gasteiger partial charge in [0.05, 0.1) is 0 Å². The van der Waals surface area contributed by atoms with Crippen LogP contribution in [0.5, 0.6) is 0 Å². The van der Waals surface area contributed by atoms with Crippen LogP contribution < -0.4 is 5.32 Å². The van der Waals surface area contributed by atoms with E-state index >= 15 is 0 Å². The molecule has 0 amide bonds. The third kappa shape index (κ3) is 2.87. The molecule has 18 heavy (non-hydrogen) atoms. The number of piperazine rings is 1. The van der Waals surface area contributed by atoms with Gasteiger partial charge in [-0.3, -0.25) is 4.90 Å². The van der Waals surface area contributed by atoms with Gasteiger partial charge in [-0.2, -0.15) is 0 Å². The number of benzene rings is 1. The average Bonchev–Trinajstić information content (AvgIpc) is 2.34. The summed E-state index contributed by atoms with van der Waals surface area (Å²) >= 11 is 5.93. The molecule has 1 aromatic carbocycles. The number of rotatable bonds is 2. The maximum atomic E-state index is 5.93. The van der Waals surface area contributed by atoms with Gasteiger partial charge >= 0.3 is 0 Å². The molecule has 3 heteroatoms. The zero-order chi connectivity index (χ0) is 13.3. The first-order valence-corrected chi connectivity index (χ1v) is 7.13. The highest BCUT2D eigenvalue weighted by Crippen LogP contribution is 2.22. The summed E-state index contributed by atoms with van der Waals surface area (Å²) in [5.74, 6) is 0. The average molecular weight is 267 g/mol. The second-order valence-corrected chi connectivity index (χ2v) is 5.96. The zero-order valence-electron chi connectivity index (χ0n) is 11.7. The molecule has 1 saturated heterocycles. The van der Waals surface area contributed by atoms with Crippen LogP contribution in [0.3, 0.4) is 0 Å². The molecule has 4 atom stereocenters. The highest BCUT2D eigenvalue weighted by molar-refractivity contribution is 6.30. The predicted molar refractivity (Wildman–Crippen MR) is 78.0 cm³/mol. The van der Waals surface area contributed by atoms with Crippen molar-refractivity contribution in [2.75, 3.05) is 0 Å². The van der Waals surface area contributed by atoms with Crippen LogP contribution >= 0.6 is 11.6 Å². The lowest BCUT2D eigenvalue weighted by Gasteiger charge is -2.47. The largest absolute Gasteiger partial charge is 0.309 e. The van der Waals surface area contributed by atoms with Gasteiger partial charge in [0, 0.05) is 35.7 Å². The molecular weight excluding hydrogens is 244 g/mol. The maximum absolute atomic E-state index is 5.93. The molecule has 1 N–H and O–H groups in total. The van der Waals surface area contributed by atoms with E-state index in [9.17, 15) is 0 Å². The second kappa shape index (κ2) is 5.60. The van der Waals surface area contributed by atoms with Crippen LogP contribution in [0.4, 0.5) is 0 Å². The van der Waals surface area contributed by atoms with Crippen LogP contribution in [0.2, 0.25) is 5.02 Å². The Morgan fingerprint density at radius 1 is 1.00 bits per heavy atom. The smallest absolute Gasteiger partial charge is 0.0406 e. The lowest BCUT2D eigenvalue weighted by molar-refractivity contribution is 0.0515. The summed E-state index contributed by atoms with van der Waals surface area (Å²) in [6, 6.07) is 10.4. The van der Waals surface area contributed by atoms with E-state index in [0.717, 1.165) is 11.6 Å². The van der Waals surface area contributed by atoms with E-state index in [1.54, 1.807) is 0 Å². The quantitative estimate of drug-likeness (QED) is 0.884. The molecule has 1 heterocycles. The van der Waals surface area contributed by atoms with E-state index in [1.165, 1.54) is 5.56 Å². The first kappa shape index (κ1) is 13.9. The third-order valence-corrected chi connectivity index (χ3v) is 4.55. The molecule has 4 unspecified atom stereocenters. The van der Waals surface area contributed by atoms with E-state index in [4.69, 9.17) is 11.6 Å². The minimum Gasteiger partial charge on any atom is -0.309 e. The van der Waals surface area contributed by atoms with Crippen LogP contribution in [0.25, 0.3) is 0 Å². The maximum Gasteiger partial charge on any atom is 0.0406 e. The van der Waals surface area contributed by atoms with Gasteiger partial charge in [-0.25, -0.2) is 0 Å². The predicted octanol–water partition coefficient (Wildman–Crippen LogP) is 3.30. The van der Waals surface area contributed by atoms with Crippen molar-refractivity contribution in [3.8, 4) is 0 Å². The molecule has 0 saturated carbocycles. The summed E-state index contributed by atoms with van der Waals surface area (Å²) in [5.41, 5.74) is 1.33. The van der Waals surface area contributed by atoms with Crippen molar-refractivity contribution in [1.82, 2.24) is 10.2 Å². The monoisotopic (exact) mass is 266 g/mol. The number of nitrogens with zero attached hydrogens (tertiary/aromatic N) is 1. The van der Waals surface area contributed by atoms with Crippen molar-refractivity contribution in [3.63, 3.8) is 0 Å². The van der Waals surface area contributed by atoms with Crippen molar-refractivity contribution in [1.29, 1.82) is 0 Å². The van der Waals surface area contributed by atoms with Crippen molar-refractivity contribution >= 4 is 11.6 Å². The summed E-state index contributed by atoms with van der Waals surface area (Å²) in [4.78, 5) is 2.58. The van der Waals surface area contributed by atoms with Crippen molar-refractivity contribution < 1.29 is 0 Å². The first-order chi connectivity index (χ1) is 8.49. The number of nitrogens with one attached hydrogen (secondary N) is 1. The highest BCUT2D eigenvalue weighted by Gasteiger charge is 2.33. The van der Waals surface area contributed by atoms with Crippen LogP contribution in [-0.4, -0.2) is 29.1 Å². The Labute approximate surface area is 115 Å². The van der Waals surface area contributed by atoms with Crippen molar-refractivity contribution in [2.24, 2.45) is 0 Å². The molecule has 0 bridgehead atoms. The van der Waals surface area contributed by atoms with E-state index in [1.807, 2.05) is 12.1 Å². The molecule has 1 aromatic rings. The second-order valence-electron chi connectivity index (χ2n) is 5.52. The first-order valence-electron chi connectivity index (χ1n) is 6.75. The van der Waals surface area contributed by atoms with E-state index < -0.39 is 0 Å². The Kier molecular flexibility index (Phi) is 4.31. The van der Waals surface area contributed by atoms with Crippen LogP contribution in [-0.2, 0) is 6.54 Å². The van der Waals surface area contributed by atoms with Crippen LogP contribution in [0.1, 0.15) is 33.3 Å². The minimum absolute atomic E-state index is 0.531. The van der Waals surface area contributed by atoms with Gasteiger partial charge < -0.3 is 5.32 Å². The van der Waals surface area contributed by atoms with Gasteiger partial charge in [0.1, 0.15) is 0 Å². The van der Waals surface area contributed by atoms with Gasteiger partial charge in [-0.05, 0) is 45.4 Å². The summed E-state index contributed by atoms with van der Waals surface area (Å²) in [5, 5.41) is 4.45. The van der Waals surface area contributed by atoms with E-state index in [0.29, 0.717) is 24.2 Å². The lowest BCUT2D eigenvalue weighted by Crippen LogP contribution is -2.63. The normalized spacial score (nSPS) is 33.6. The summed E-state index contributed by atoms with van der Waals surface area (Å²) in [6.45, 7) is 10.1. The molecular formula is C15H23ClN2. The summed E-state index contributed by atoms with van der Waals surface area (Å²) < 4.78 is 0. The van der Waals surface area contributed by atoms with Gasteiger partial charge in [-0.15, -0.1) is 0 Å². The summed E-state index contributed by atoms with van der Waals surface area (Å²) in [6.07, 6.45) is 0. The Hall–Kier alpha value is -0.570. The van der Waals surface area contributed by atoms with Crippen LogP contribution in [0.15, 0.2) is 24.3 Å². The molecule has 0 radical (unpaired) electrons. The minimum atomic E-state index is 0.531. The SMILES string of the molecule is CC1NC(C)C(C)N(Cc2ccc(Cl)cc2)C1C. The fraction of sp³-hybridized carbons (Fsp3) is 0.600. The Morgan fingerprint density at radius 3 is 2.00 bits per heavy atom. The standard InChI is InChI=1S/C15H23ClN2/c1-10-12(3)18(13(4)11(2)17-10)9-14-5-7-15(16)8-6-14/h5-8,10-13,17H,9H2,1-4H3. The van der Waals surface area contributed by atoms with Gasteiger partial charge in [0.25, 0.3) is 0 Å². The molecule has 1 fully saturated rings. The Bertz CT molecular complexity index is 376. The number of halogens is 1. The molecule has 2 nitrogen and oxygen atoms in total. The molecule has 0 spiro atoms. The Morgan fingerprint density at radius 2 is 1.50 bits per heavy atom. The fourth-order valence-corrected chi connectivity index (χ4v) is 2.85. The van der Waals surface area contributed by atoms with Crippen LogP contribution in [0, 0.1) is 0 Å². The van der Waals surface area contributed by atoms with Gasteiger partial charge in [-0.1, -0.05) is 23.7 Å². The van der Waals surface area contributed by atoms with Gasteiger partial charge in [0.15, 0.2) is 0 Å². The van der Waals surface area contributed by atoms with Crippen molar-refractivity contribution in [3.05, 3.63) is 34.9 Å². The molecule has 1 aliphatic rings. The highest BCUT2D eigenvalue weighted by atomic mass is 35.5. The lowest BCUT2D eigenvalue weighted by atomic mass is 9.96. The topological polar surface area (TPSA) is 15.3 Å². The van der Waals surface area contributed by atoms with Crippen molar-refractivity contribution in [2.45, 2.75) is 58.4 Å². The number of hydrogen-bond acceptors (Lipinski definition) is 2. The fourth-order valence-electron chi connectivity index (χ4n) is 2.73. The molecule has 1 aliphatic heterocycles. The summed E-state index contributed by atoms with van der Waals surface area (Å²) in [7, 11) is 0. The third-order valence-electron chi connectivity index (χ3n) is 4.30. The molecule has 0 aromatic heterocycles. The number of hydrogen-bond donors (Lipinski definition) is 1. The zero-order valence-corrected chi connectivity index (χ0v) is 12.4. The molecule has 0 aliphatic carbocycles. The van der Waals surface area contributed by atoms with Gasteiger partial charge in [0.2, 0.25) is 0 Å². The van der Waals surface area contributed by atoms with E-state index in [2.05, 4.69) is 50.0 Å². The Balaban J connectivity index is 2.12. The van der Waals surface area contributed by atoms with E-state index in [-0.39, 0.29) is 0 Å². The molecule has 100 valence electrons.